The van der Waals surface area contributed by atoms with Gasteiger partial charge in [-0.15, -0.1) is 11.3 Å². The summed E-state index contributed by atoms with van der Waals surface area (Å²) in [5.74, 6) is 2.11. The number of hydrogen-bond acceptors (Lipinski definition) is 8. The largest absolute Gasteiger partial charge is 0.492 e. The van der Waals surface area contributed by atoms with Crippen LogP contribution in [0.25, 0.3) is 33.1 Å². The third-order valence-corrected chi connectivity index (χ3v) is 6.62. The van der Waals surface area contributed by atoms with Crippen LogP contribution < -0.4 is 15.4 Å². The van der Waals surface area contributed by atoms with Gasteiger partial charge in [-0.1, -0.05) is 6.07 Å². The molecule has 5 aromatic rings. The molecule has 32 heavy (non-hydrogen) atoms. The molecule has 4 aromatic heterocycles. The molecule has 0 fully saturated rings. The van der Waals surface area contributed by atoms with Crippen molar-refractivity contribution in [1.29, 1.82) is 0 Å². The summed E-state index contributed by atoms with van der Waals surface area (Å²) in [5, 5.41) is 9.55. The van der Waals surface area contributed by atoms with E-state index >= 15 is 0 Å². The van der Waals surface area contributed by atoms with Crippen molar-refractivity contribution in [3.05, 3.63) is 52.7 Å². The minimum Gasteiger partial charge on any atom is -0.492 e. The topological polar surface area (TPSA) is 101 Å². The van der Waals surface area contributed by atoms with Crippen molar-refractivity contribution in [2.75, 3.05) is 24.3 Å². The van der Waals surface area contributed by atoms with Crippen molar-refractivity contribution in [1.82, 2.24) is 24.9 Å². The molecule has 1 aliphatic rings. The molecule has 9 heteroatoms. The average Bonchev–Trinajstić information content (AvgIpc) is 3.46. The van der Waals surface area contributed by atoms with Gasteiger partial charge in [0.05, 0.1) is 30.3 Å². The third-order valence-electron chi connectivity index (χ3n) is 5.57. The fourth-order valence-corrected chi connectivity index (χ4v) is 4.90. The Kier molecular flexibility index (Phi) is 4.61. The Morgan fingerprint density at radius 2 is 2.09 bits per heavy atom. The van der Waals surface area contributed by atoms with E-state index in [1.54, 1.807) is 17.5 Å². The van der Waals surface area contributed by atoms with Crippen molar-refractivity contribution in [2.24, 2.45) is 0 Å². The van der Waals surface area contributed by atoms with E-state index in [0.717, 1.165) is 62.5 Å². The highest BCUT2D eigenvalue weighted by Crippen LogP contribution is 2.35. The fourth-order valence-electron chi connectivity index (χ4n) is 4.00. The number of fused-ring (bicyclic) bond motifs is 5. The molecule has 3 N–H and O–H groups in total. The molecular formula is C23H21N7OS. The SMILES string of the molecule is CNc1nc2c3c(c[nH]c3n1)-c1ccc3ncc(cc3c1)OCCCc1cnc(s1)CN2. The van der Waals surface area contributed by atoms with Crippen LogP contribution in [0.5, 0.6) is 5.75 Å². The van der Waals surface area contributed by atoms with Gasteiger partial charge in [0.25, 0.3) is 0 Å². The van der Waals surface area contributed by atoms with Crippen molar-refractivity contribution >= 4 is 45.0 Å². The zero-order valence-electron chi connectivity index (χ0n) is 17.5. The van der Waals surface area contributed by atoms with E-state index in [2.05, 4.69) is 48.8 Å². The van der Waals surface area contributed by atoms with E-state index in [0.29, 0.717) is 19.1 Å². The van der Waals surface area contributed by atoms with Crippen LogP contribution in [-0.2, 0) is 13.0 Å². The molecule has 0 saturated heterocycles. The first kappa shape index (κ1) is 19.0. The minimum atomic E-state index is 0.559. The van der Waals surface area contributed by atoms with Crippen molar-refractivity contribution < 1.29 is 4.74 Å². The van der Waals surface area contributed by atoms with Gasteiger partial charge in [-0.25, -0.2) is 4.98 Å². The molecular weight excluding hydrogens is 422 g/mol. The molecule has 0 saturated carbocycles. The zero-order valence-corrected chi connectivity index (χ0v) is 18.3. The molecule has 0 unspecified atom stereocenters. The number of nitrogens with zero attached hydrogens (tertiary/aromatic N) is 4. The molecule has 1 aliphatic heterocycles. The highest BCUT2D eigenvalue weighted by Gasteiger charge is 2.16. The van der Waals surface area contributed by atoms with Gasteiger partial charge in [0.15, 0.2) is 0 Å². The zero-order chi connectivity index (χ0) is 21.5. The lowest BCUT2D eigenvalue weighted by molar-refractivity contribution is 0.310. The Bertz CT molecular complexity index is 1440. The summed E-state index contributed by atoms with van der Waals surface area (Å²) in [4.78, 5) is 23.0. The van der Waals surface area contributed by atoms with Crippen LogP contribution in [0.4, 0.5) is 11.8 Å². The van der Waals surface area contributed by atoms with Crippen LogP contribution in [0.15, 0.2) is 42.9 Å². The monoisotopic (exact) mass is 443 g/mol. The second kappa shape index (κ2) is 7.76. The summed E-state index contributed by atoms with van der Waals surface area (Å²) in [5.41, 5.74) is 3.80. The minimum absolute atomic E-state index is 0.559. The van der Waals surface area contributed by atoms with Gasteiger partial charge in [0, 0.05) is 35.3 Å². The van der Waals surface area contributed by atoms with Crippen LogP contribution in [0.2, 0.25) is 0 Å². The number of aromatic amines is 1. The first-order valence-corrected chi connectivity index (χ1v) is 11.4. The summed E-state index contributed by atoms with van der Waals surface area (Å²) < 4.78 is 5.98. The number of ether oxygens (including phenoxy) is 1. The van der Waals surface area contributed by atoms with E-state index in [9.17, 15) is 0 Å². The van der Waals surface area contributed by atoms with Crippen LogP contribution in [0.1, 0.15) is 16.3 Å². The molecule has 5 heterocycles. The number of aromatic nitrogens is 5. The van der Waals surface area contributed by atoms with Gasteiger partial charge < -0.3 is 20.4 Å². The van der Waals surface area contributed by atoms with E-state index in [4.69, 9.17) is 9.72 Å². The highest BCUT2D eigenvalue weighted by atomic mass is 32.1. The molecule has 160 valence electrons. The Labute approximate surface area is 188 Å². The van der Waals surface area contributed by atoms with Gasteiger partial charge in [-0.2, -0.15) is 9.97 Å². The van der Waals surface area contributed by atoms with Gasteiger partial charge >= 0.3 is 0 Å². The maximum Gasteiger partial charge on any atom is 0.226 e. The lowest BCUT2D eigenvalue weighted by Gasteiger charge is -2.10. The number of hydrogen-bond donors (Lipinski definition) is 3. The molecule has 0 aliphatic carbocycles. The first-order valence-electron chi connectivity index (χ1n) is 10.5. The number of benzene rings is 1. The Morgan fingerprint density at radius 3 is 3.03 bits per heavy atom. The summed E-state index contributed by atoms with van der Waals surface area (Å²) >= 11 is 1.72. The van der Waals surface area contributed by atoms with E-state index < -0.39 is 0 Å². The predicted octanol–water partition coefficient (Wildman–Crippen LogP) is 4.61. The first-order chi connectivity index (χ1) is 15.8. The molecule has 0 atom stereocenters. The lowest BCUT2D eigenvalue weighted by atomic mass is 10.0. The van der Waals surface area contributed by atoms with Crippen LogP contribution in [-0.4, -0.2) is 38.6 Å². The van der Waals surface area contributed by atoms with E-state index in [1.165, 1.54) is 4.88 Å². The maximum atomic E-state index is 5.98. The third kappa shape index (κ3) is 3.40. The van der Waals surface area contributed by atoms with Crippen LogP contribution >= 0.6 is 11.3 Å². The Morgan fingerprint density at radius 1 is 1.12 bits per heavy atom. The van der Waals surface area contributed by atoms with E-state index in [1.807, 2.05) is 25.5 Å². The summed E-state index contributed by atoms with van der Waals surface area (Å²) in [6, 6.07) is 8.31. The fraction of sp³-hybridized carbons (Fsp3) is 0.217. The molecule has 0 amide bonds. The molecule has 5 bridgehead atoms. The van der Waals surface area contributed by atoms with Crippen LogP contribution in [0, 0.1) is 0 Å². The number of nitrogens with one attached hydrogen (secondary N) is 3. The Balaban J connectivity index is 1.54. The van der Waals surface area contributed by atoms with Crippen molar-refractivity contribution in [3.8, 4) is 16.9 Å². The van der Waals surface area contributed by atoms with Gasteiger partial charge in [-0.3, -0.25) is 4.98 Å². The van der Waals surface area contributed by atoms with Crippen molar-refractivity contribution in [3.63, 3.8) is 0 Å². The smallest absolute Gasteiger partial charge is 0.226 e. The average molecular weight is 444 g/mol. The molecule has 0 radical (unpaired) electrons. The molecule has 1 aromatic carbocycles. The highest BCUT2D eigenvalue weighted by molar-refractivity contribution is 7.11. The van der Waals surface area contributed by atoms with Crippen LogP contribution in [0.3, 0.4) is 0 Å². The number of anilines is 2. The summed E-state index contributed by atoms with van der Waals surface area (Å²) in [7, 11) is 1.82. The number of H-pyrrole nitrogens is 1. The van der Waals surface area contributed by atoms with Gasteiger partial charge in [-0.05, 0) is 36.6 Å². The number of thiazole rings is 1. The number of rotatable bonds is 1. The second-order valence-corrected chi connectivity index (χ2v) is 8.88. The standard InChI is InChI=1S/C23H21N7OS/c1-24-23-29-21-20-17(11-27-21)13-4-5-18-14(7-13)8-15(9-25-18)31-6-2-3-16-10-26-19(32-16)12-28-22(20)30-23/h4-5,7-11H,2-3,6,12H2,1H3,(H3,24,27,28,29,30). The number of aryl methyl sites for hydroxylation is 1. The maximum absolute atomic E-state index is 5.98. The Hall–Kier alpha value is -3.72. The molecule has 8 nitrogen and oxygen atoms in total. The molecule has 0 spiro atoms. The van der Waals surface area contributed by atoms with Gasteiger partial charge in [0.2, 0.25) is 5.95 Å². The number of pyridine rings is 1. The van der Waals surface area contributed by atoms with E-state index in [-0.39, 0.29) is 0 Å². The predicted molar refractivity (Wildman–Crippen MR) is 127 cm³/mol. The van der Waals surface area contributed by atoms with Crippen molar-refractivity contribution in [2.45, 2.75) is 19.4 Å². The lowest BCUT2D eigenvalue weighted by Crippen LogP contribution is -2.05. The molecule has 6 rings (SSSR count). The van der Waals surface area contributed by atoms with Gasteiger partial charge in [0.1, 0.15) is 22.2 Å². The summed E-state index contributed by atoms with van der Waals surface area (Å²) in [6.45, 7) is 1.25. The normalized spacial score (nSPS) is 13.8. The quantitative estimate of drug-likeness (QED) is 0.348. The second-order valence-electron chi connectivity index (χ2n) is 7.68. The summed E-state index contributed by atoms with van der Waals surface area (Å²) in [6.07, 6.45) is 7.60.